The largest absolute Gasteiger partial charge is 0.374 e. The number of benzene rings is 2. The predicted molar refractivity (Wildman–Crippen MR) is 99.4 cm³/mol. The van der Waals surface area contributed by atoms with Crippen LogP contribution in [0.4, 0.5) is 5.69 Å². The number of non-ortho nitro benzene ring substituents is 1. The summed E-state index contributed by atoms with van der Waals surface area (Å²) in [5.41, 5.74) is -0.967. The van der Waals surface area contributed by atoms with Gasteiger partial charge < -0.3 is 20.4 Å². The van der Waals surface area contributed by atoms with E-state index in [0.29, 0.717) is 16.3 Å². The first-order chi connectivity index (χ1) is 12.9. The first-order valence-corrected chi connectivity index (χ1v) is 9.71. The zero-order chi connectivity index (χ0) is 20.5. The molecule has 0 aliphatic carbocycles. The van der Waals surface area contributed by atoms with Crippen molar-refractivity contribution in [2.45, 2.75) is 31.3 Å². The van der Waals surface area contributed by atoms with Gasteiger partial charge in [0.05, 0.1) is 23.4 Å². The van der Waals surface area contributed by atoms with Gasteiger partial charge in [0, 0.05) is 11.6 Å². The Morgan fingerprint density at radius 3 is 2.21 bits per heavy atom. The van der Waals surface area contributed by atoms with Gasteiger partial charge in [-0.2, -0.15) is 4.67 Å². The van der Waals surface area contributed by atoms with Crippen molar-refractivity contribution < 1.29 is 29.9 Å². The van der Waals surface area contributed by atoms with Crippen LogP contribution in [0.15, 0.2) is 36.4 Å². The first kappa shape index (κ1) is 19.6. The van der Waals surface area contributed by atoms with Crippen molar-refractivity contribution in [1.29, 1.82) is 0 Å². The van der Waals surface area contributed by atoms with E-state index < -0.39 is 30.8 Å². The Labute approximate surface area is 161 Å². The zero-order valence-corrected chi connectivity index (χ0v) is 16.1. The van der Waals surface area contributed by atoms with E-state index in [1.807, 2.05) is 0 Å². The molecule has 28 heavy (non-hydrogen) atoms. The van der Waals surface area contributed by atoms with E-state index in [-0.39, 0.29) is 18.8 Å². The van der Waals surface area contributed by atoms with Gasteiger partial charge in [-0.15, -0.1) is 0 Å². The predicted octanol–water partition coefficient (Wildman–Crippen LogP) is 1.13. The Hall–Kier alpha value is -1.75. The molecule has 0 bridgehead atoms. The molecule has 0 aromatic heterocycles. The van der Waals surface area contributed by atoms with Crippen molar-refractivity contribution >= 4 is 24.9 Å². The second kappa shape index (κ2) is 6.12. The standard InChI is InChI=1S/C17H20N3O7P/c1-15(21)9-18(15)28(19-10-17(19,23)24)27-16(2,22)13-7-8-14(20(25)26)12-6-4-3-5-11(12)13/h3-8,21-24H,9-10H2,1-2H3. The molecule has 5 unspecified atom stereocenters. The summed E-state index contributed by atoms with van der Waals surface area (Å²) in [5.74, 6) is -3.96. The number of nitrogens with zero attached hydrogens (tertiary/aromatic N) is 3. The van der Waals surface area contributed by atoms with Gasteiger partial charge in [-0.05, 0) is 31.4 Å². The van der Waals surface area contributed by atoms with Gasteiger partial charge in [0.15, 0.2) is 14.2 Å². The molecule has 2 aliphatic rings. The summed E-state index contributed by atoms with van der Waals surface area (Å²) >= 11 is 0. The van der Waals surface area contributed by atoms with Gasteiger partial charge in [-0.3, -0.25) is 14.6 Å². The molecule has 2 aromatic rings. The van der Waals surface area contributed by atoms with Gasteiger partial charge in [-0.1, -0.05) is 18.2 Å². The lowest BCUT2D eigenvalue weighted by Gasteiger charge is -2.32. The topological polar surface area (TPSA) is 139 Å². The van der Waals surface area contributed by atoms with Crippen LogP contribution in [-0.2, 0) is 10.3 Å². The molecule has 0 radical (unpaired) electrons. The highest BCUT2D eigenvalue weighted by Gasteiger charge is 2.64. The summed E-state index contributed by atoms with van der Waals surface area (Å²) in [4.78, 5) is 10.8. The van der Waals surface area contributed by atoms with Crippen LogP contribution in [0.2, 0.25) is 0 Å². The summed E-state index contributed by atoms with van der Waals surface area (Å²) in [5, 5.41) is 53.0. The van der Waals surface area contributed by atoms with E-state index in [9.17, 15) is 30.5 Å². The highest BCUT2D eigenvalue weighted by molar-refractivity contribution is 7.48. The molecule has 2 saturated heterocycles. The van der Waals surface area contributed by atoms with E-state index in [1.54, 1.807) is 31.2 Å². The highest BCUT2D eigenvalue weighted by atomic mass is 31.2. The number of β-amino-alcohol motifs (C(OH)–C–C–N with tert-alkyl or cyclic N) is 3. The molecule has 2 aliphatic heterocycles. The fourth-order valence-electron chi connectivity index (χ4n) is 3.14. The van der Waals surface area contributed by atoms with Gasteiger partial charge in [0.2, 0.25) is 5.91 Å². The smallest absolute Gasteiger partial charge is 0.277 e. The quantitative estimate of drug-likeness (QED) is 0.182. The Balaban J connectivity index is 1.72. The maximum Gasteiger partial charge on any atom is 0.277 e. The second-order valence-electron chi connectivity index (χ2n) is 7.37. The number of hydrogen-bond donors (Lipinski definition) is 4. The molecular weight excluding hydrogens is 389 g/mol. The third kappa shape index (κ3) is 3.28. The van der Waals surface area contributed by atoms with Crippen molar-refractivity contribution in [1.82, 2.24) is 9.34 Å². The van der Waals surface area contributed by atoms with Crippen molar-refractivity contribution in [2.24, 2.45) is 0 Å². The number of hydrogen-bond acceptors (Lipinski definition) is 9. The third-order valence-corrected chi connectivity index (χ3v) is 7.22. The summed E-state index contributed by atoms with van der Waals surface area (Å²) < 4.78 is 8.61. The maximum atomic E-state index is 11.3. The van der Waals surface area contributed by atoms with Crippen molar-refractivity contribution in [2.75, 3.05) is 13.1 Å². The maximum absolute atomic E-state index is 11.3. The molecule has 4 rings (SSSR count). The van der Waals surface area contributed by atoms with Crippen molar-refractivity contribution in [3.63, 3.8) is 0 Å². The molecule has 2 fully saturated rings. The molecule has 0 amide bonds. The van der Waals surface area contributed by atoms with Crippen LogP contribution in [0.5, 0.6) is 0 Å². The minimum Gasteiger partial charge on any atom is -0.374 e. The number of fused-ring (bicyclic) bond motifs is 1. The summed E-state index contributed by atoms with van der Waals surface area (Å²) in [6, 6.07) is 9.30. The van der Waals surface area contributed by atoms with Crippen LogP contribution in [-0.4, -0.2) is 59.4 Å². The molecule has 0 saturated carbocycles. The van der Waals surface area contributed by atoms with Crippen LogP contribution in [0, 0.1) is 10.1 Å². The molecule has 2 aromatic carbocycles. The third-order valence-electron chi connectivity index (χ3n) is 4.84. The second-order valence-corrected chi connectivity index (χ2v) is 9.02. The molecule has 11 heteroatoms. The first-order valence-electron chi connectivity index (χ1n) is 8.54. The van der Waals surface area contributed by atoms with E-state index in [0.717, 1.165) is 0 Å². The van der Waals surface area contributed by atoms with Crippen molar-refractivity contribution in [3.05, 3.63) is 52.1 Å². The zero-order valence-electron chi connectivity index (χ0n) is 15.2. The Bertz CT molecular complexity index is 943. The number of nitro groups is 1. The normalized spacial score (nSPS) is 31.2. The lowest BCUT2D eigenvalue weighted by atomic mass is 9.98. The minimum absolute atomic E-state index is 0.0810. The average Bonchev–Trinajstić information content (AvgIpc) is 3.45. The SMILES string of the molecule is CC(O)(OP(N1CC1(C)O)N1CC1(O)O)c1ccc([N+](=O)[O-])c2ccccc12. The van der Waals surface area contributed by atoms with Crippen LogP contribution in [0.1, 0.15) is 19.4 Å². The van der Waals surface area contributed by atoms with Gasteiger partial charge >= 0.3 is 0 Å². The summed E-state index contributed by atoms with van der Waals surface area (Å²) in [7, 11) is -1.89. The van der Waals surface area contributed by atoms with Crippen LogP contribution >= 0.6 is 8.45 Å². The molecule has 150 valence electrons. The van der Waals surface area contributed by atoms with E-state index in [4.69, 9.17) is 4.52 Å². The molecular formula is C17H20N3O7P. The molecule has 0 spiro atoms. The molecule has 4 N–H and O–H groups in total. The van der Waals surface area contributed by atoms with Gasteiger partial charge in [-0.25, -0.2) is 4.67 Å². The average molecular weight is 409 g/mol. The lowest BCUT2D eigenvalue weighted by molar-refractivity contribution is -0.383. The Kier molecular flexibility index (Phi) is 4.28. The lowest BCUT2D eigenvalue weighted by Crippen LogP contribution is -2.28. The molecule has 10 nitrogen and oxygen atoms in total. The van der Waals surface area contributed by atoms with E-state index in [2.05, 4.69) is 0 Å². The highest BCUT2D eigenvalue weighted by Crippen LogP contribution is 2.65. The summed E-state index contributed by atoms with van der Waals surface area (Å²) in [6.07, 6.45) is 0. The Morgan fingerprint density at radius 2 is 1.71 bits per heavy atom. The fraction of sp³-hybridized carbons (Fsp3) is 0.412. The number of rotatable bonds is 6. The van der Waals surface area contributed by atoms with Gasteiger partial charge in [0.1, 0.15) is 5.72 Å². The fourth-order valence-corrected chi connectivity index (χ4v) is 5.36. The monoisotopic (exact) mass is 409 g/mol. The van der Waals surface area contributed by atoms with E-state index in [1.165, 1.54) is 28.4 Å². The van der Waals surface area contributed by atoms with Crippen LogP contribution < -0.4 is 0 Å². The summed E-state index contributed by atoms with van der Waals surface area (Å²) in [6.45, 7) is 3.11. The number of nitro benzene ring substituents is 1. The molecule has 2 heterocycles. The minimum atomic E-state index is -2.06. The van der Waals surface area contributed by atoms with Crippen LogP contribution in [0.3, 0.4) is 0 Å². The molecule has 5 atom stereocenters. The Morgan fingerprint density at radius 1 is 1.14 bits per heavy atom. The van der Waals surface area contributed by atoms with Crippen LogP contribution in [0.25, 0.3) is 10.8 Å². The number of aliphatic hydroxyl groups is 4. The van der Waals surface area contributed by atoms with Gasteiger partial charge in [0.25, 0.3) is 5.69 Å². The van der Waals surface area contributed by atoms with E-state index >= 15 is 0 Å². The van der Waals surface area contributed by atoms with Crippen molar-refractivity contribution in [3.8, 4) is 0 Å².